The van der Waals surface area contributed by atoms with Gasteiger partial charge >= 0.3 is 0 Å². The first-order valence-electron chi connectivity index (χ1n) is 4.25. The quantitative estimate of drug-likeness (QED) is 0.824. The van der Waals surface area contributed by atoms with Crippen LogP contribution in [0.1, 0.15) is 11.9 Å². The molecule has 0 saturated heterocycles. The Labute approximate surface area is 85.0 Å². The molecule has 0 saturated carbocycles. The Hall–Kier alpha value is -1.27. The minimum absolute atomic E-state index is 0.425. The van der Waals surface area contributed by atoms with E-state index in [4.69, 9.17) is 10.5 Å². The number of anilines is 1. The van der Waals surface area contributed by atoms with Gasteiger partial charge in [0.15, 0.2) is 5.82 Å². The minimum Gasteiger partial charge on any atom is -0.382 e. The van der Waals surface area contributed by atoms with E-state index in [2.05, 4.69) is 15.0 Å². The molecule has 2 aromatic heterocycles. The summed E-state index contributed by atoms with van der Waals surface area (Å²) in [4.78, 5) is 13.1. The van der Waals surface area contributed by atoms with Crippen molar-refractivity contribution in [1.82, 2.24) is 15.0 Å². The van der Waals surface area contributed by atoms with E-state index in [1.165, 1.54) is 17.7 Å². The van der Waals surface area contributed by atoms with Crippen LogP contribution >= 0.6 is 11.3 Å². The normalized spacial score (nSPS) is 10.9. The molecule has 74 valence electrons. The molecule has 2 aromatic rings. The van der Waals surface area contributed by atoms with Crippen molar-refractivity contribution in [3.8, 4) is 0 Å². The maximum absolute atomic E-state index is 5.65. The van der Waals surface area contributed by atoms with E-state index in [1.807, 2.05) is 6.92 Å². The van der Waals surface area contributed by atoms with Crippen LogP contribution in [-0.2, 0) is 11.3 Å². The van der Waals surface area contributed by atoms with Crippen LogP contribution in [0.2, 0.25) is 0 Å². The van der Waals surface area contributed by atoms with E-state index in [1.54, 1.807) is 0 Å². The number of nitrogens with two attached hydrogens (primary N) is 1. The SMILES string of the molecule is CCOCc1nc2c(N)ncnc2s1. The number of nitrogen functional groups attached to an aromatic ring is 1. The standard InChI is InChI=1S/C8H10N4OS/c1-2-13-3-5-12-6-7(9)10-4-11-8(6)14-5/h4H,2-3H2,1H3,(H2,9,10,11). The molecule has 0 spiro atoms. The molecule has 0 bridgehead atoms. The largest absolute Gasteiger partial charge is 0.382 e. The van der Waals surface area contributed by atoms with E-state index >= 15 is 0 Å². The molecule has 5 nitrogen and oxygen atoms in total. The van der Waals surface area contributed by atoms with Crippen LogP contribution in [0.25, 0.3) is 10.3 Å². The number of ether oxygens (including phenoxy) is 1. The zero-order chi connectivity index (χ0) is 9.97. The Balaban J connectivity index is 2.36. The lowest BCUT2D eigenvalue weighted by Crippen LogP contribution is -1.93. The van der Waals surface area contributed by atoms with Gasteiger partial charge in [0.2, 0.25) is 0 Å². The maximum atomic E-state index is 5.65. The summed E-state index contributed by atoms with van der Waals surface area (Å²) in [6.45, 7) is 3.13. The Morgan fingerprint density at radius 3 is 3.07 bits per heavy atom. The molecule has 0 fully saturated rings. The van der Waals surface area contributed by atoms with Crippen LogP contribution in [0.15, 0.2) is 6.33 Å². The zero-order valence-corrected chi connectivity index (χ0v) is 8.54. The van der Waals surface area contributed by atoms with Crippen molar-refractivity contribution in [2.24, 2.45) is 0 Å². The van der Waals surface area contributed by atoms with Crippen molar-refractivity contribution in [2.75, 3.05) is 12.3 Å². The van der Waals surface area contributed by atoms with Gasteiger partial charge in [-0.25, -0.2) is 15.0 Å². The van der Waals surface area contributed by atoms with Crippen LogP contribution in [0.4, 0.5) is 5.82 Å². The van der Waals surface area contributed by atoms with E-state index in [9.17, 15) is 0 Å². The predicted molar refractivity (Wildman–Crippen MR) is 55.0 cm³/mol. The Kier molecular flexibility index (Phi) is 2.55. The predicted octanol–water partition coefficient (Wildman–Crippen LogP) is 1.21. The van der Waals surface area contributed by atoms with E-state index in [-0.39, 0.29) is 0 Å². The van der Waals surface area contributed by atoms with E-state index in [0.717, 1.165) is 9.84 Å². The van der Waals surface area contributed by atoms with Crippen LogP contribution < -0.4 is 5.73 Å². The average molecular weight is 210 g/mol. The van der Waals surface area contributed by atoms with Crippen molar-refractivity contribution in [3.63, 3.8) is 0 Å². The molecule has 0 radical (unpaired) electrons. The van der Waals surface area contributed by atoms with Gasteiger partial charge in [0.25, 0.3) is 0 Å². The number of rotatable bonds is 3. The van der Waals surface area contributed by atoms with Crippen molar-refractivity contribution in [2.45, 2.75) is 13.5 Å². The third kappa shape index (κ3) is 1.66. The topological polar surface area (TPSA) is 73.9 Å². The monoisotopic (exact) mass is 210 g/mol. The highest BCUT2D eigenvalue weighted by Gasteiger charge is 2.07. The number of hydrogen-bond donors (Lipinski definition) is 1. The van der Waals surface area contributed by atoms with Crippen molar-refractivity contribution in [3.05, 3.63) is 11.3 Å². The second kappa shape index (κ2) is 3.85. The molecule has 0 unspecified atom stereocenters. The number of aromatic nitrogens is 3. The molecule has 6 heteroatoms. The zero-order valence-electron chi connectivity index (χ0n) is 7.73. The smallest absolute Gasteiger partial charge is 0.154 e. The van der Waals surface area contributed by atoms with Gasteiger partial charge in [0.05, 0.1) is 6.61 Å². The lowest BCUT2D eigenvalue weighted by Gasteiger charge is -1.93. The highest BCUT2D eigenvalue weighted by molar-refractivity contribution is 7.18. The molecule has 0 aromatic carbocycles. The molecule has 2 N–H and O–H groups in total. The van der Waals surface area contributed by atoms with Crippen molar-refractivity contribution in [1.29, 1.82) is 0 Å². The molecular weight excluding hydrogens is 200 g/mol. The van der Waals surface area contributed by atoms with Gasteiger partial charge in [-0.05, 0) is 6.92 Å². The number of nitrogens with zero attached hydrogens (tertiary/aromatic N) is 3. The Bertz CT molecular complexity index is 442. The van der Waals surface area contributed by atoms with Gasteiger partial charge in [-0.2, -0.15) is 0 Å². The molecule has 0 atom stereocenters. The summed E-state index contributed by atoms with van der Waals surface area (Å²) in [6.07, 6.45) is 1.44. The first kappa shape index (κ1) is 9.29. The highest BCUT2D eigenvalue weighted by atomic mass is 32.1. The summed E-state index contributed by atoms with van der Waals surface area (Å²) < 4.78 is 5.25. The summed E-state index contributed by atoms with van der Waals surface area (Å²) in [7, 11) is 0. The van der Waals surface area contributed by atoms with Crippen LogP contribution in [-0.4, -0.2) is 21.6 Å². The number of thiazole rings is 1. The maximum Gasteiger partial charge on any atom is 0.154 e. The molecule has 0 aliphatic heterocycles. The lowest BCUT2D eigenvalue weighted by molar-refractivity contribution is 0.134. The number of hydrogen-bond acceptors (Lipinski definition) is 6. The van der Waals surface area contributed by atoms with Crippen LogP contribution in [0, 0.1) is 0 Å². The van der Waals surface area contributed by atoms with Gasteiger partial charge < -0.3 is 10.5 Å². The third-order valence-electron chi connectivity index (χ3n) is 1.70. The molecule has 0 amide bonds. The first-order chi connectivity index (χ1) is 6.81. The van der Waals surface area contributed by atoms with Gasteiger partial charge in [-0.3, -0.25) is 0 Å². The highest BCUT2D eigenvalue weighted by Crippen LogP contribution is 2.22. The summed E-state index contributed by atoms with van der Waals surface area (Å²) in [5.41, 5.74) is 6.32. The summed E-state index contributed by atoms with van der Waals surface area (Å²) in [5.74, 6) is 0.425. The van der Waals surface area contributed by atoms with Crippen LogP contribution in [0.5, 0.6) is 0 Å². The summed E-state index contributed by atoms with van der Waals surface area (Å²) >= 11 is 1.48. The Morgan fingerprint density at radius 1 is 1.50 bits per heavy atom. The van der Waals surface area contributed by atoms with Gasteiger partial charge in [0.1, 0.15) is 21.7 Å². The second-order valence-corrected chi connectivity index (χ2v) is 3.72. The minimum atomic E-state index is 0.425. The van der Waals surface area contributed by atoms with E-state index < -0.39 is 0 Å². The summed E-state index contributed by atoms with van der Waals surface area (Å²) in [6, 6.07) is 0. The van der Waals surface area contributed by atoms with E-state index in [0.29, 0.717) is 24.5 Å². The molecule has 2 heterocycles. The molecule has 2 rings (SSSR count). The Morgan fingerprint density at radius 2 is 2.36 bits per heavy atom. The molecule has 14 heavy (non-hydrogen) atoms. The lowest BCUT2D eigenvalue weighted by atomic mass is 10.5. The van der Waals surface area contributed by atoms with Gasteiger partial charge in [-0.1, -0.05) is 11.3 Å². The van der Waals surface area contributed by atoms with Gasteiger partial charge in [0, 0.05) is 6.61 Å². The van der Waals surface area contributed by atoms with Crippen molar-refractivity contribution >= 4 is 27.5 Å². The average Bonchev–Trinajstić information content (AvgIpc) is 2.59. The fraction of sp³-hybridized carbons (Fsp3) is 0.375. The molecular formula is C8H10N4OS. The second-order valence-electron chi connectivity index (χ2n) is 2.66. The van der Waals surface area contributed by atoms with Crippen molar-refractivity contribution < 1.29 is 4.74 Å². The van der Waals surface area contributed by atoms with Gasteiger partial charge in [-0.15, -0.1) is 0 Å². The first-order valence-corrected chi connectivity index (χ1v) is 5.06. The van der Waals surface area contributed by atoms with Crippen LogP contribution in [0.3, 0.4) is 0 Å². The fourth-order valence-corrected chi connectivity index (χ4v) is 1.91. The fourth-order valence-electron chi connectivity index (χ4n) is 1.07. The molecule has 0 aliphatic rings. The third-order valence-corrected chi connectivity index (χ3v) is 2.63. The number of fused-ring (bicyclic) bond motifs is 1. The molecule has 0 aliphatic carbocycles. The summed E-state index contributed by atoms with van der Waals surface area (Å²) in [5, 5.41) is 0.883.